The highest BCUT2D eigenvalue weighted by molar-refractivity contribution is 7.99. The first-order valence-electron chi connectivity index (χ1n) is 10.6. The number of nitrogens with zero attached hydrogens (tertiary/aromatic N) is 1. The van der Waals surface area contributed by atoms with Crippen LogP contribution in [0.3, 0.4) is 0 Å². The van der Waals surface area contributed by atoms with E-state index in [0.29, 0.717) is 12.1 Å². The van der Waals surface area contributed by atoms with Gasteiger partial charge in [0.1, 0.15) is 0 Å². The zero-order valence-electron chi connectivity index (χ0n) is 17.9. The molecule has 1 heterocycles. The number of benzene rings is 3. The van der Waals surface area contributed by atoms with Gasteiger partial charge in [-0.1, -0.05) is 55.4 Å². The number of aliphatic imine (C=N–C) groups is 1. The van der Waals surface area contributed by atoms with Crippen LogP contribution in [0.1, 0.15) is 41.3 Å². The summed E-state index contributed by atoms with van der Waals surface area (Å²) in [4.78, 5) is 21.3. The molecule has 0 radical (unpaired) electrons. The number of hydrogen-bond donors (Lipinski definition) is 1. The SMILES string of the molecule is CCCC1=Nc2cc(C(=O)NCCc3ccc(SC)cc3)ccc2Sc2ccccc21. The molecule has 1 aliphatic rings. The molecule has 3 aromatic carbocycles. The van der Waals surface area contributed by atoms with Gasteiger partial charge in [0.15, 0.2) is 0 Å². The smallest absolute Gasteiger partial charge is 0.251 e. The van der Waals surface area contributed by atoms with Gasteiger partial charge in [0.25, 0.3) is 5.91 Å². The van der Waals surface area contributed by atoms with E-state index in [1.54, 1.807) is 23.5 Å². The number of nitrogens with one attached hydrogen (secondary N) is 1. The standard InChI is InChI=1S/C26H26N2OS2/c1-3-6-22-21-7-4-5-8-24(21)31-25-14-11-19(17-23(25)28-22)26(29)27-16-15-18-9-12-20(30-2)13-10-18/h4-5,7-14,17H,3,6,15-16H2,1-2H3,(H,27,29). The van der Waals surface area contributed by atoms with E-state index in [1.165, 1.54) is 20.9 Å². The van der Waals surface area contributed by atoms with E-state index in [1.807, 2.05) is 18.2 Å². The van der Waals surface area contributed by atoms with Crippen molar-refractivity contribution in [3.8, 4) is 0 Å². The topological polar surface area (TPSA) is 41.5 Å². The predicted octanol–water partition coefficient (Wildman–Crippen LogP) is 6.77. The lowest BCUT2D eigenvalue weighted by molar-refractivity contribution is 0.0954. The van der Waals surface area contributed by atoms with Crippen molar-refractivity contribution in [2.45, 2.75) is 40.9 Å². The minimum Gasteiger partial charge on any atom is -0.352 e. The number of thioether (sulfide) groups is 1. The largest absolute Gasteiger partial charge is 0.352 e. The number of rotatable bonds is 7. The first-order valence-corrected chi connectivity index (χ1v) is 12.6. The Hall–Kier alpha value is -2.50. The molecule has 31 heavy (non-hydrogen) atoms. The van der Waals surface area contributed by atoms with Gasteiger partial charge < -0.3 is 5.32 Å². The molecule has 1 amide bonds. The van der Waals surface area contributed by atoms with Crippen molar-refractivity contribution in [3.05, 3.63) is 83.4 Å². The number of fused-ring (bicyclic) bond motifs is 2. The molecule has 4 rings (SSSR count). The Morgan fingerprint density at radius 1 is 1.00 bits per heavy atom. The van der Waals surface area contributed by atoms with E-state index in [0.717, 1.165) is 35.6 Å². The molecule has 0 aromatic heterocycles. The van der Waals surface area contributed by atoms with Gasteiger partial charge in [-0.15, -0.1) is 11.8 Å². The zero-order chi connectivity index (χ0) is 21.6. The minimum atomic E-state index is -0.0532. The van der Waals surface area contributed by atoms with Crippen molar-refractivity contribution in [1.29, 1.82) is 0 Å². The van der Waals surface area contributed by atoms with Gasteiger partial charge in [0.05, 0.1) is 5.69 Å². The Labute approximate surface area is 192 Å². The van der Waals surface area contributed by atoms with Gasteiger partial charge in [-0.2, -0.15) is 0 Å². The van der Waals surface area contributed by atoms with Crippen LogP contribution >= 0.6 is 23.5 Å². The molecule has 0 unspecified atom stereocenters. The highest BCUT2D eigenvalue weighted by Crippen LogP contribution is 2.41. The molecule has 1 N–H and O–H groups in total. The summed E-state index contributed by atoms with van der Waals surface area (Å²) in [6.07, 6.45) is 4.84. The third-order valence-electron chi connectivity index (χ3n) is 5.24. The summed E-state index contributed by atoms with van der Waals surface area (Å²) in [5.74, 6) is -0.0532. The minimum absolute atomic E-state index is 0.0532. The van der Waals surface area contributed by atoms with E-state index >= 15 is 0 Å². The van der Waals surface area contributed by atoms with Gasteiger partial charge in [-0.05, 0) is 61.1 Å². The van der Waals surface area contributed by atoms with Crippen molar-refractivity contribution in [1.82, 2.24) is 5.32 Å². The van der Waals surface area contributed by atoms with E-state index in [4.69, 9.17) is 4.99 Å². The maximum Gasteiger partial charge on any atom is 0.251 e. The quantitative estimate of drug-likeness (QED) is 0.407. The van der Waals surface area contributed by atoms with Crippen LogP contribution in [0.2, 0.25) is 0 Å². The summed E-state index contributed by atoms with van der Waals surface area (Å²) >= 11 is 3.46. The summed E-state index contributed by atoms with van der Waals surface area (Å²) in [6, 6.07) is 22.7. The maximum atomic E-state index is 12.8. The van der Waals surface area contributed by atoms with E-state index in [2.05, 4.69) is 67.0 Å². The van der Waals surface area contributed by atoms with Crippen LogP contribution in [0.4, 0.5) is 5.69 Å². The van der Waals surface area contributed by atoms with Crippen LogP contribution in [-0.2, 0) is 6.42 Å². The van der Waals surface area contributed by atoms with Gasteiger partial charge in [-0.3, -0.25) is 9.79 Å². The van der Waals surface area contributed by atoms with Crippen molar-refractivity contribution >= 4 is 40.8 Å². The molecular formula is C26H26N2OS2. The first-order chi connectivity index (χ1) is 15.2. The normalized spacial score (nSPS) is 12.4. The molecule has 0 fully saturated rings. The fraction of sp³-hybridized carbons (Fsp3) is 0.231. The number of carbonyl (C=O) groups excluding carboxylic acids is 1. The Morgan fingerprint density at radius 2 is 1.81 bits per heavy atom. The second-order valence-corrected chi connectivity index (χ2v) is 9.41. The summed E-state index contributed by atoms with van der Waals surface area (Å²) in [5, 5.41) is 3.05. The lowest BCUT2D eigenvalue weighted by Crippen LogP contribution is -2.25. The Bertz CT molecular complexity index is 1110. The van der Waals surface area contributed by atoms with Crippen molar-refractivity contribution in [2.75, 3.05) is 12.8 Å². The number of carbonyl (C=O) groups is 1. The van der Waals surface area contributed by atoms with Gasteiger partial charge in [0, 0.05) is 38.1 Å². The number of amides is 1. The Balaban J connectivity index is 1.48. The highest BCUT2D eigenvalue weighted by atomic mass is 32.2. The fourth-order valence-corrected chi connectivity index (χ4v) is 5.03. The molecule has 3 nitrogen and oxygen atoms in total. The van der Waals surface area contributed by atoms with Crippen molar-refractivity contribution in [3.63, 3.8) is 0 Å². The molecule has 3 aromatic rings. The number of hydrogen-bond acceptors (Lipinski definition) is 4. The molecule has 0 aliphatic carbocycles. The van der Waals surface area contributed by atoms with Crippen molar-refractivity contribution in [2.24, 2.45) is 4.99 Å². The second-order valence-electron chi connectivity index (χ2n) is 7.44. The monoisotopic (exact) mass is 446 g/mol. The van der Waals surface area contributed by atoms with Crippen LogP contribution in [0.15, 0.2) is 86.4 Å². The fourth-order valence-electron chi connectivity index (χ4n) is 3.59. The molecule has 5 heteroatoms. The molecule has 158 valence electrons. The molecular weight excluding hydrogens is 420 g/mol. The molecule has 0 saturated carbocycles. The van der Waals surface area contributed by atoms with E-state index < -0.39 is 0 Å². The van der Waals surface area contributed by atoms with Crippen LogP contribution in [-0.4, -0.2) is 24.4 Å². The molecule has 0 saturated heterocycles. The highest BCUT2D eigenvalue weighted by Gasteiger charge is 2.18. The van der Waals surface area contributed by atoms with Crippen LogP contribution in [0.25, 0.3) is 0 Å². The summed E-state index contributed by atoms with van der Waals surface area (Å²) in [6.45, 7) is 2.78. The molecule has 1 aliphatic heterocycles. The Kier molecular flexibility index (Phi) is 7.15. The summed E-state index contributed by atoms with van der Waals surface area (Å²) in [7, 11) is 0. The maximum absolute atomic E-state index is 12.8. The third-order valence-corrected chi connectivity index (χ3v) is 7.12. The second kappa shape index (κ2) is 10.2. The van der Waals surface area contributed by atoms with Crippen LogP contribution < -0.4 is 5.32 Å². The average Bonchev–Trinajstić information content (AvgIpc) is 2.95. The van der Waals surface area contributed by atoms with E-state index in [-0.39, 0.29) is 5.91 Å². The third kappa shape index (κ3) is 5.23. The average molecular weight is 447 g/mol. The van der Waals surface area contributed by atoms with Gasteiger partial charge in [-0.25, -0.2) is 0 Å². The van der Waals surface area contributed by atoms with Crippen molar-refractivity contribution < 1.29 is 4.79 Å². The van der Waals surface area contributed by atoms with Gasteiger partial charge in [0.2, 0.25) is 0 Å². The predicted molar refractivity (Wildman–Crippen MR) is 132 cm³/mol. The summed E-state index contributed by atoms with van der Waals surface area (Å²) < 4.78 is 0. The van der Waals surface area contributed by atoms with Gasteiger partial charge >= 0.3 is 0 Å². The summed E-state index contributed by atoms with van der Waals surface area (Å²) in [5.41, 5.74) is 5.05. The molecule has 0 spiro atoms. The molecule has 0 atom stereocenters. The van der Waals surface area contributed by atoms with E-state index in [9.17, 15) is 4.79 Å². The zero-order valence-corrected chi connectivity index (χ0v) is 19.5. The lowest BCUT2D eigenvalue weighted by Gasteiger charge is -2.09. The Morgan fingerprint density at radius 3 is 2.58 bits per heavy atom. The lowest BCUT2D eigenvalue weighted by atomic mass is 10.1. The van der Waals surface area contributed by atoms with Crippen LogP contribution in [0.5, 0.6) is 0 Å². The first kappa shape index (κ1) is 21.7. The van der Waals surface area contributed by atoms with Crippen LogP contribution in [0, 0.1) is 0 Å². The molecule has 0 bridgehead atoms.